The van der Waals surface area contributed by atoms with Crippen molar-refractivity contribution < 1.29 is 13.9 Å². The van der Waals surface area contributed by atoms with E-state index in [2.05, 4.69) is 21.4 Å². The molecule has 1 N–H and O–H groups in total. The predicted octanol–water partition coefficient (Wildman–Crippen LogP) is 3.56. The molecule has 5 rings (SSSR count). The molecule has 0 saturated carbocycles. The number of amides is 1. The highest BCUT2D eigenvalue weighted by Crippen LogP contribution is 2.27. The summed E-state index contributed by atoms with van der Waals surface area (Å²) in [6.45, 7) is 3.97. The van der Waals surface area contributed by atoms with E-state index in [1.807, 2.05) is 35.6 Å². The second-order valence-corrected chi connectivity index (χ2v) is 8.02. The zero-order valence-corrected chi connectivity index (χ0v) is 18.0. The highest BCUT2D eigenvalue weighted by atomic mass is 16.5. The maximum Gasteiger partial charge on any atom is 0.273 e. The van der Waals surface area contributed by atoms with Crippen LogP contribution in [0.3, 0.4) is 0 Å². The minimum absolute atomic E-state index is 0.226. The molecule has 8 nitrogen and oxygen atoms in total. The highest BCUT2D eigenvalue weighted by molar-refractivity contribution is 5.98. The zero-order chi connectivity index (χ0) is 21.9. The molecule has 0 unspecified atom stereocenters. The van der Waals surface area contributed by atoms with E-state index in [1.165, 1.54) is 0 Å². The number of hydrogen-bond acceptors (Lipinski definition) is 6. The van der Waals surface area contributed by atoms with Crippen LogP contribution in [0.4, 0.5) is 0 Å². The number of imidazole rings is 1. The van der Waals surface area contributed by atoms with Gasteiger partial charge in [0.05, 0.1) is 6.26 Å². The van der Waals surface area contributed by atoms with Crippen LogP contribution in [-0.2, 0) is 11.2 Å². The summed E-state index contributed by atoms with van der Waals surface area (Å²) in [7, 11) is 0. The lowest BCUT2D eigenvalue weighted by Gasteiger charge is -2.22. The molecule has 0 spiro atoms. The van der Waals surface area contributed by atoms with Gasteiger partial charge in [-0.1, -0.05) is 0 Å². The van der Waals surface area contributed by atoms with Crippen molar-refractivity contribution in [2.45, 2.75) is 32.1 Å². The maximum atomic E-state index is 12.8. The fourth-order valence-corrected chi connectivity index (χ4v) is 4.06. The minimum atomic E-state index is -0.226. The van der Waals surface area contributed by atoms with Crippen LogP contribution in [0.5, 0.6) is 0 Å². The second kappa shape index (κ2) is 8.92. The average molecular weight is 431 g/mol. The van der Waals surface area contributed by atoms with Crippen molar-refractivity contribution in [2.24, 2.45) is 0 Å². The van der Waals surface area contributed by atoms with Crippen molar-refractivity contribution in [2.75, 3.05) is 19.8 Å². The quantitative estimate of drug-likeness (QED) is 0.502. The van der Waals surface area contributed by atoms with Gasteiger partial charge < -0.3 is 14.5 Å². The van der Waals surface area contributed by atoms with Crippen molar-refractivity contribution in [1.29, 1.82) is 0 Å². The summed E-state index contributed by atoms with van der Waals surface area (Å²) in [5, 5.41) is 2.95. The van der Waals surface area contributed by atoms with E-state index in [4.69, 9.17) is 14.1 Å². The van der Waals surface area contributed by atoms with Crippen LogP contribution in [0.1, 0.15) is 46.3 Å². The summed E-state index contributed by atoms with van der Waals surface area (Å²) in [5.74, 6) is 0.913. The fraction of sp³-hybridized carbons (Fsp3) is 0.333. The number of carbonyl (C=O) groups excluding carboxylic acids is 1. The molecule has 1 amide bonds. The third-order valence-corrected chi connectivity index (χ3v) is 5.87. The monoisotopic (exact) mass is 431 g/mol. The smallest absolute Gasteiger partial charge is 0.273 e. The van der Waals surface area contributed by atoms with Crippen LogP contribution in [-0.4, -0.2) is 45.0 Å². The molecule has 0 aromatic carbocycles. The molecule has 4 aromatic rings. The number of hydrogen-bond donors (Lipinski definition) is 1. The van der Waals surface area contributed by atoms with Gasteiger partial charge in [-0.15, -0.1) is 0 Å². The van der Waals surface area contributed by atoms with E-state index in [0.717, 1.165) is 54.5 Å². The fourth-order valence-electron chi connectivity index (χ4n) is 4.06. The first-order valence-corrected chi connectivity index (χ1v) is 10.9. The van der Waals surface area contributed by atoms with Crippen molar-refractivity contribution >= 4 is 11.6 Å². The number of aryl methyl sites for hydroxylation is 1. The Morgan fingerprint density at radius 3 is 2.84 bits per heavy atom. The molecule has 4 aromatic heterocycles. The third-order valence-electron chi connectivity index (χ3n) is 5.87. The zero-order valence-electron chi connectivity index (χ0n) is 18.0. The van der Waals surface area contributed by atoms with Gasteiger partial charge in [0, 0.05) is 60.9 Å². The van der Waals surface area contributed by atoms with E-state index >= 15 is 0 Å². The molecule has 1 fully saturated rings. The number of pyridine rings is 1. The van der Waals surface area contributed by atoms with Gasteiger partial charge in [-0.3, -0.25) is 14.2 Å². The Balaban J connectivity index is 1.26. The van der Waals surface area contributed by atoms with E-state index < -0.39 is 0 Å². The Kier molecular flexibility index (Phi) is 5.68. The Bertz CT molecular complexity index is 1210. The van der Waals surface area contributed by atoms with Gasteiger partial charge in [0.2, 0.25) is 0 Å². The number of nitrogens with one attached hydrogen (secondary N) is 1. The number of rotatable bonds is 6. The van der Waals surface area contributed by atoms with Gasteiger partial charge in [-0.05, 0) is 50.1 Å². The minimum Gasteiger partial charge on any atom is -0.464 e. The summed E-state index contributed by atoms with van der Waals surface area (Å²) in [4.78, 5) is 26.5. The number of ether oxygens (including phenoxy) is 1. The average Bonchev–Trinajstić information content (AvgIpc) is 3.51. The first-order valence-electron chi connectivity index (χ1n) is 10.9. The maximum absolute atomic E-state index is 12.8. The molecule has 5 heterocycles. The van der Waals surface area contributed by atoms with Crippen molar-refractivity contribution in [3.05, 3.63) is 71.9 Å². The molecule has 1 saturated heterocycles. The molecule has 0 aliphatic carbocycles. The van der Waals surface area contributed by atoms with Crippen LogP contribution in [0.25, 0.3) is 17.0 Å². The van der Waals surface area contributed by atoms with Crippen molar-refractivity contribution in [3.8, 4) is 11.3 Å². The van der Waals surface area contributed by atoms with E-state index in [0.29, 0.717) is 30.2 Å². The van der Waals surface area contributed by atoms with Crippen LogP contribution >= 0.6 is 0 Å². The number of nitrogens with zero attached hydrogens (tertiary/aromatic N) is 4. The third kappa shape index (κ3) is 4.13. The lowest BCUT2D eigenvalue weighted by Crippen LogP contribution is -2.26. The topological polar surface area (TPSA) is 94.5 Å². The second-order valence-electron chi connectivity index (χ2n) is 8.02. The Morgan fingerprint density at radius 2 is 2.09 bits per heavy atom. The molecule has 164 valence electrons. The summed E-state index contributed by atoms with van der Waals surface area (Å²) in [6.07, 6.45) is 7.60. The van der Waals surface area contributed by atoms with Crippen LogP contribution in [0.15, 0.2) is 53.5 Å². The summed E-state index contributed by atoms with van der Waals surface area (Å²) in [6, 6.07) is 9.75. The lowest BCUT2D eigenvalue weighted by molar-refractivity contribution is 0.0845. The molecule has 0 atom stereocenters. The first-order chi connectivity index (χ1) is 15.7. The molecule has 1 aliphatic heterocycles. The molecule has 1 aliphatic rings. The van der Waals surface area contributed by atoms with Gasteiger partial charge in [-0.25, -0.2) is 9.97 Å². The van der Waals surface area contributed by atoms with E-state index in [9.17, 15) is 4.79 Å². The number of fused-ring (bicyclic) bond motifs is 1. The normalized spacial score (nSPS) is 14.7. The summed E-state index contributed by atoms with van der Waals surface area (Å²) >= 11 is 0. The number of carbonyl (C=O) groups is 1. The van der Waals surface area contributed by atoms with Gasteiger partial charge in [0.25, 0.3) is 5.91 Å². The summed E-state index contributed by atoms with van der Waals surface area (Å²) < 4.78 is 12.7. The van der Waals surface area contributed by atoms with Crippen LogP contribution in [0.2, 0.25) is 0 Å². The van der Waals surface area contributed by atoms with Crippen molar-refractivity contribution in [1.82, 2.24) is 24.7 Å². The van der Waals surface area contributed by atoms with E-state index in [1.54, 1.807) is 18.8 Å². The van der Waals surface area contributed by atoms with Crippen molar-refractivity contribution in [3.63, 3.8) is 0 Å². The molecule has 8 heteroatoms. The first kappa shape index (κ1) is 20.4. The Labute approximate surface area is 185 Å². The molecule has 0 radical (unpaired) electrons. The molecular weight excluding hydrogens is 406 g/mol. The Morgan fingerprint density at radius 1 is 1.22 bits per heavy atom. The number of furan rings is 1. The standard InChI is InChI=1S/C24H25N5O3/c1-16-13-20(17-7-11-31-12-8-17)28-23-22(27-15-29(16)23)24(30)25-9-6-19-5-4-18(14-26-19)21-3-2-10-32-21/h2-5,10,13-15,17H,6-9,11-12H2,1H3,(H,25,30). The van der Waals surface area contributed by atoms with Gasteiger partial charge in [0.15, 0.2) is 11.3 Å². The van der Waals surface area contributed by atoms with Crippen LogP contribution in [0, 0.1) is 6.92 Å². The van der Waals surface area contributed by atoms with E-state index in [-0.39, 0.29) is 5.91 Å². The Hall–Kier alpha value is -3.52. The highest BCUT2D eigenvalue weighted by Gasteiger charge is 2.21. The van der Waals surface area contributed by atoms with Gasteiger partial charge in [0.1, 0.15) is 12.1 Å². The van der Waals surface area contributed by atoms with Crippen LogP contribution < -0.4 is 5.32 Å². The van der Waals surface area contributed by atoms with Gasteiger partial charge >= 0.3 is 0 Å². The molecule has 32 heavy (non-hydrogen) atoms. The summed E-state index contributed by atoms with van der Waals surface area (Å²) in [5.41, 5.74) is 4.80. The van der Waals surface area contributed by atoms with Gasteiger partial charge in [-0.2, -0.15) is 0 Å². The predicted molar refractivity (Wildman–Crippen MR) is 118 cm³/mol. The largest absolute Gasteiger partial charge is 0.464 e. The lowest BCUT2D eigenvalue weighted by atomic mass is 9.96. The molecular formula is C24H25N5O3. The number of aromatic nitrogens is 4. The SMILES string of the molecule is Cc1cc(C2CCOCC2)nc2c(C(=O)NCCc3ccc(-c4ccco4)cn3)ncn12. The molecule has 0 bridgehead atoms.